The molecule has 32 heavy (non-hydrogen) atoms. The topological polar surface area (TPSA) is 80.5 Å². The quantitative estimate of drug-likeness (QED) is 0.676. The van der Waals surface area contributed by atoms with Crippen LogP contribution in [0.25, 0.3) is 11.2 Å². The number of carbonyl (C=O) groups excluding carboxylic acids is 1. The summed E-state index contributed by atoms with van der Waals surface area (Å²) < 4.78 is 8.57. The van der Waals surface area contributed by atoms with Crippen molar-refractivity contribution in [2.45, 2.75) is 63.4 Å². The van der Waals surface area contributed by atoms with Crippen LogP contribution in [-0.2, 0) is 4.74 Å². The van der Waals surface area contributed by atoms with Gasteiger partial charge in [0.15, 0.2) is 5.65 Å². The molecular weight excluding hydrogens is 404 g/mol. The number of amides is 1. The Morgan fingerprint density at radius 1 is 1.19 bits per heavy atom. The summed E-state index contributed by atoms with van der Waals surface area (Å²) in [6.07, 6.45) is 5.61. The predicted molar refractivity (Wildman–Crippen MR) is 121 cm³/mol. The van der Waals surface area contributed by atoms with Gasteiger partial charge in [-0.05, 0) is 38.3 Å². The van der Waals surface area contributed by atoms with E-state index in [9.17, 15) is 9.90 Å². The second-order valence-corrected chi connectivity index (χ2v) is 9.40. The molecule has 2 atom stereocenters. The number of aliphatic hydroxyl groups is 1. The summed E-state index contributed by atoms with van der Waals surface area (Å²) in [6.45, 7) is 5.37. The van der Waals surface area contributed by atoms with E-state index >= 15 is 0 Å². The van der Waals surface area contributed by atoms with Crippen LogP contribution >= 0.6 is 0 Å². The van der Waals surface area contributed by atoms with E-state index in [2.05, 4.69) is 35.9 Å². The van der Waals surface area contributed by atoms with Gasteiger partial charge in [0.2, 0.25) is 0 Å². The standard InChI is InChI=1S/C25H30N4O3/c1-17(2)29-16-27-21-12-19(15-26-23(21)29)24(31)28-10-8-25(9-11-28)14-20(30)13-22(32-25)18-6-4-3-5-7-18/h3-7,12,15-17,20,22,30H,8-11,13-14H2,1-2H3/t20-,22-/m1/s1. The molecule has 0 unspecified atom stereocenters. The highest BCUT2D eigenvalue weighted by Crippen LogP contribution is 2.43. The minimum absolute atomic E-state index is 0.0238. The first-order valence-corrected chi connectivity index (χ1v) is 11.5. The Morgan fingerprint density at radius 2 is 1.94 bits per heavy atom. The van der Waals surface area contributed by atoms with E-state index < -0.39 is 0 Å². The number of nitrogens with zero attached hydrogens (tertiary/aromatic N) is 4. The van der Waals surface area contributed by atoms with Crippen LogP contribution in [0.4, 0.5) is 0 Å². The van der Waals surface area contributed by atoms with Crippen LogP contribution in [0, 0.1) is 0 Å². The van der Waals surface area contributed by atoms with Crippen LogP contribution in [0.2, 0.25) is 0 Å². The van der Waals surface area contributed by atoms with Crippen molar-refractivity contribution >= 4 is 17.1 Å². The molecule has 7 heteroatoms. The second-order valence-electron chi connectivity index (χ2n) is 9.40. The molecule has 2 aliphatic heterocycles. The van der Waals surface area contributed by atoms with Gasteiger partial charge in [0, 0.05) is 38.2 Å². The minimum atomic E-state index is -0.390. The molecule has 2 fully saturated rings. The van der Waals surface area contributed by atoms with Crippen molar-refractivity contribution in [3.8, 4) is 0 Å². The number of aliphatic hydroxyl groups excluding tert-OH is 1. The van der Waals surface area contributed by atoms with Crippen LogP contribution in [0.1, 0.15) is 67.6 Å². The molecule has 0 radical (unpaired) electrons. The van der Waals surface area contributed by atoms with Crippen molar-refractivity contribution < 1.29 is 14.6 Å². The number of hydrogen-bond acceptors (Lipinski definition) is 5. The molecule has 2 aromatic heterocycles. The molecular formula is C25H30N4O3. The zero-order chi connectivity index (χ0) is 22.3. The van der Waals surface area contributed by atoms with Crippen LogP contribution < -0.4 is 0 Å². The maximum Gasteiger partial charge on any atom is 0.255 e. The highest BCUT2D eigenvalue weighted by molar-refractivity contribution is 5.96. The van der Waals surface area contributed by atoms with E-state index in [0.29, 0.717) is 31.5 Å². The van der Waals surface area contributed by atoms with Gasteiger partial charge in [0.05, 0.1) is 29.7 Å². The van der Waals surface area contributed by atoms with Crippen LogP contribution in [-0.4, -0.2) is 55.2 Å². The van der Waals surface area contributed by atoms with E-state index in [-0.39, 0.29) is 29.8 Å². The summed E-state index contributed by atoms with van der Waals surface area (Å²) >= 11 is 0. The summed E-state index contributed by atoms with van der Waals surface area (Å²) in [5, 5.41) is 10.6. The lowest BCUT2D eigenvalue weighted by Crippen LogP contribution is -2.52. The largest absolute Gasteiger partial charge is 0.393 e. The molecule has 2 aliphatic rings. The van der Waals surface area contributed by atoms with E-state index in [0.717, 1.165) is 29.6 Å². The smallest absolute Gasteiger partial charge is 0.255 e. The summed E-state index contributed by atoms with van der Waals surface area (Å²) in [7, 11) is 0. The fraction of sp³-hybridized carbons (Fsp3) is 0.480. The Morgan fingerprint density at radius 3 is 2.66 bits per heavy atom. The summed E-state index contributed by atoms with van der Waals surface area (Å²) in [5.41, 5.74) is 2.82. The number of fused-ring (bicyclic) bond motifs is 1. The highest BCUT2D eigenvalue weighted by Gasteiger charge is 2.44. The number of carbonyl (C=O) groups is 1. The number of imidazole rings is 1. The minimum Gasteiger partial charge on any atom is -0.393 e. The van der Waals surface area contributed by atoms with Gasteiger partial charge in [-0.2, -0.15) is 0 Å². The number of pyridine rings is 1. The summed E-state index contributed by atoms with van der Waals surface area (Å²) in [5.74, 6) is -0.0238. The number of aromatic nitrogens is 3. The monoisotopic (exact) mass is 434 g/mol. The van der Waals surface area contributed by atoms with Gasteiger partial charge in [-0.15, -0.1) is 0 Å². The molecule has 5 rings (SSSR count). The molecule has 0 bridgehead atoms. The Labute approximate surface area is 188 Å². The van der Waals surface area contributed by atoms with Gasteiger partial charge in [-0.1, -0.05) is 30.3 Å². The van der Waals surface area contributed by atoms with Crippen LogP contribution in [0.15, 0.2) is 48.9 Å². The molecule has 1 amide bonds. The van der Waals surface area contributed by atoms with Gasteiger partial charge in [0.25, 0.3) is 5.91 Å². The van der Waals surface area contributed by atoms with E-state index in [1.807, 2.05) is 33.7 Å². The van der Waals surface area contributed by atoms with Gasteiger partial charge in [0.1, 0.15) is 5.52 Å². The first-order valence-electron chi connectivity index (χ1n) is 11.5. The number of rotatable bonds is 3. The third-order valence-corrected chi connectivity index (χ3v) is 6.84. The molecule has 1 N–H and O–H groups in total. The van der Waals surface area contributed by atoms with Crippen molar-refractivity contribution in [1.82, 2.24) is 19.4 Å². The Bertz CT molecular complexity index is 1100. The number of piperidine rings is 1. The Balaban J connectivity index is 1.29. The van der Waals surface area contributed by atoms with Crippen molar-refractivity contribution in [2.24, 2.45) is 0 Å². The lowest BCUT2D eigenvalue weighted by Gasteiger charge is -2.48. The van der Waals surface area contributed by atoms with Crippen LogP contribution in [0.3, 0.4) is 0 Å². The van der Waals surface area contributed by atoms with Gasteiger partial charge in [-0.3, -0.25) is 4.79 Å². The fourth-order valence-corrected chi connectivity index (χ4v) is 5.07. The fourth-order valence-electron chi connectivity index (χ4n) is 5.07. The van der Waals surface area contributed by atoms with E-state index in [4.69, 9.17) is 4.74 Å². The molecule has 3 aromatic rings. The van der Waals surface area contributed by atoms with Crippen LogP contribution in [0.5, 0.6) is 0 Å². The lowest BCUT2D eigenvalue weighted by atomic mass is 9.81. The Kier molecular flexibility index (Phi) is 5.47. The van der Waals surface area contributed by atoms with Crippen molar-refractivity contribution in [3.63, 3.8) is 0 Å². The predicted octanol–water partition coefficient (Wildman–Crippen LogP) is 3.90. The van der Waals surface area contributed by atoms with Crippen molar-refractivity contribution in [3.05, 3.63) is 60.0 Å². The Hall–Kier alpha value is -2.77. The van der Waals surface area contributed by atoms with Crippen molar-refractivity contribution in [1.29, 1.82) is 0 Å². The molecule has 0 saturated carbocycles. The second kappa shape index (κ2) is 8.30. The van der Waals surface area contributed by atoms with E-state index in [1.165, 1.54) is 0 Å². The third kappa shape index (κ3) is 3.91. The number of likely N-dealkylation sites (tertiary alicyclic amines) is 1. The summed E-state index contributed by atoms with van der Waals surface area (Å²) in [6, 6.07) is 12.2. The number of hydrogen-bond donors (Lipinski definition) is 1. The third-order valence-electron chi connectivity index (χ3n) is 6.84. The summed E-state index contributed by atoms with van der Waals surface area (Å²) in [4.78, 5) is 24.0. The maximum atomic E-state index is 13.2. The molecule has 168 valence electrons. The molecule has 2 saturated heterocycles. The average molecular weight is 435 g/mol. The average Bonchev–Trinajstić information content (AvgIpc) is 3.23. The first-order chi connectivity index (χ1) is 15.4. The molecule has 1 spiro atoms. The zero-order valence-electron chi connectivity index (χ0n) is 18.6. The first kappa shape index (κ1) is 21.1. The molecule has 7 nitrogen and oxygen atoms in total. The highest BCUT2D eigenvalue weighted by atomic mass is 16.5. The normalized spacial score (nSPS) is 23.2. The van der Waals surface area contributed by atoms with Gasteiger partial charge >= 0.3 is 0 Å². The SMILES string of the molecule is CC(C)n1cnc2cc(C(=O)N3CCC4(CC3)C[C@H](O)C[C@H](c3ccccc3)O4)cnc21. The molecule has 0 aliphatic carbocycles. The lowest BCUT2D eigenvalue weighted by molar-refractivity contribution is -0.181. The van der Waals surface area contributed by atoms with Gasteiger partial charge in [-0.25, -0.2) is 9.97 Å². The maximum absolute atomic E-state index is 13.2. The zero-order valence-corrected chi connectivity index (χ0v) is 18.6. The van der Waals surface area contributed by atoms with Crippen molar-refractivity contribution in [2.75, 3.05) is 13.1 Å². The molecule has 4 heterocycles. The number of benzene rings is 1. The van der Waals surface area contributed by atoms with Gasteiger partial charge < -0.3 is 19.3 Å². The van der Waals surface area contributed by atoms with E-state index in [1.54, 1.807) is 12.5 Å². The molecule has 1 aromatic carbocycles. The number of ether oxygens (including phenoxy) is 1.